The number of esters is 1. The Morgan fingerprint density at radius 3 is 2.60 bits per heavy atom. The largest absolute Gasteiger partial charge is 0.469 e. The van der Waals surface area contributed by atoms with Crippen molar-refractivity contribution < 1.29 is 18.8 Å². The first-order valence-electron chi connectivity index (χ1n) is 5.86. The summed E-state index contributed by atoms with van der Waals surface area (Å²) in [6, 6.07) is 3.87. The number of methoxy groups -OCH3 is 1. The molecule has 0 aliphatic heterocycles. The average molecular weight is 304 g/mol. The SMILES string of the molecule is COC(=O)C(CC(C)(C)[N+](=O)[O-])c1ccc(Cl)c(F)c1. The molecule has 0 amide bonds. The first-order valence-corrected chi connectivity index (χ1v) is 6.24. The maximum Gasteiger partial charge on any atom is 0.313 e. The summed E-state index contributed by atoms with van der Waals surface area (Å²) in [5.74, 6) is -2.26. The third kappa shape index (κ3) is 3.66. The van der Waals surface area contributed by atoms with Gasteiger partial charge in [0.2, 0.25) is 5.54 Å². The Balaban J connectivity index is 3.16. The maximum absolute atomic E-state index is 13.5. The molecule has 1 aromatic rings. The fourth-order valence-electron chi connectivity index (χ4n) is 1.78. The summed E-state index contributed by atoms with van der Waals surface area (Å²) in [6.45, 7) is 2.80. The lowest BCUT2D eigenvalue weighted by molar-refractivity contribution is -0.561. The molecule has 0 fully saturated rings. The Labute approximate surface area is 120 Å². The summed E-state index contributed by atoms with van der Waals surface area (Å²) in [5, 5.41) is 10.9. The van der Waals surface area contributed by atoms with Crippen LogP contribution in [0, 0.1) is 15.9 Å². The summed E-state index contributed by atoms with van der Waals surface area (Å²) in [7, 11) is 1.18. The summed E-state index contributed by atoms with van der Waals surface area (Å²) >= 11 is 5.58. The lowest BCUT2D eigenvalue weighted by Crippen LogP contribution is -2.35. The van der Waals surface area contributed by atoms with Crippen LogP contribution in [-0.4, -0.2) is 23.5 Å². The number of hydrogen-bond acceptors (Lipinski definition) is 4. The molecular formula is C13H15ClFNO4. The van der Waals surface area contributed by atoms with Crippen LogP contribution in [0.4, 0.5) is 4.39 Å². The first-order chi connectivity index (χ1) is 9.19. The van der Waals surface area contributed by atoms with Crippen LogP contribution >= 0.6 is 11.6 Å². The van der Waals surface area contributed by atoms with Crippen LogP contribution in [0.25, 0.3) is 0 Å². The van der Waals surface area contributed by atoms with Crippen molar-refractivity contribution in [3.63, 3.8) is 0 Å². The normalized spacial score (nSPS) is 12.8. The highest BCUT2D eigenvalue weighted by Crippen LogP contribution is 2.30. The Morgan fingerprint density at radius 1 is 1.55 bits per heavy atom. The summed E-state index contributed by atoms with van der Waals surface area (Å²) in [5.41, 5.74) is -1.04. The zero-order valence-corrected chi connectivity index (χ0v) is 12.1. The number of halogens is 2. The van der Waals surface area contributed by atoms with Crippen molar-refractivity contribution in [1.29, 1.82) is 0 Å². The number of benzene rings is 1. The lowest BCUT2D eigenvalue weighted by atomic mass is 9.86. The van der Waals surface area contributed by atoms with Gasteiger partial charge in [0.15, 0.2) is 0 Å². The number of hydrogen-bond donors (Lipinski definition) is 0. The number of carbonyl (C=O) groups is 1. The molecule has 0 spiro atoms. The van der Waals surface area contributed by atoms with Crippen LogP contribution in [0.5, 0.6) is 0 Å². The van der Waals surface area contributed by atoms with Gasteiger partial charge >= 0.3 is 5.97 Å². The molecule has 0 heterocycles. The van der Waals surface area contributed by atoms with E-state index in [1.807, 2.05) is 0 Å². The second kappa shape index (κ2) is 6.17. The molecule has 0 aromatic heterocycles. The van der Waals surface area contributed by atoms with Gasteiger partial charge in [0.05, 0.1) is 18.1 Å². The standard InChI is InChI=1S/C13H15ClFNO4/c1-13(2,16(18)19)7-9(12(17)20-3)8-4-5-10(14)11(15)6-8/h4-6,9H,7H2,1-3H3. The average Bonchev–Trinajstić information content (AvgIpc) is 2.38. The Hall–Kier alpha value is -1.69. The quantitative estimate of drug-likeness (QED) is 0.476. The zero-order valence-electron chi connectivity index (χ0n) is 11.4. The van der Waals surface area contributed by atoms with E-state index in [9.17, 15) is 19.3 Å². The maximum atomic E-state index is 13.5. The predicted molar refractivity (Wildman–Crippen MR) is 71.9 cm³/mol. The van der Waals surface area contributed by atoms with Crippen LogP contribution < -0.4 is 0 Å². The van der Waals surface area contributed by atoms with Crippen LogP contribution in [0.15, 0.2) is 18.2 Å². The number of rotatable bonds is 5. The number of nitro groups is 1. The Morgan fingerprint density at radius 2 is 2.15 bits per heavy atom. The number of carbonyl (C=O) groups excluding carboxylic acids is 1. The van der Waals surface area contributed by atoms with E-state index < -0.39 is 28.2 Å². The second-order valence-corrected chi connectivity index (χ2v) is 5.43. The van der Waals surface area contributed by atoms with Crippen molar-refractivity contribution in [2.75, 3.05) is 7.11 Å². The molecule has 1 aromatic carbocycles. The number of nitrogens with zero attached hydrogens (tertiary/aromatic N) is 1. The van der Waals surface area contributed by atoms with E-state index in [1.54, 1.807) is 0 Å². The topological polar surface area (TPSA) is 69.4 Å². The van der Waals surface area contributed by atoms with Gasteiger partial charge in [0, 0.05) is 25.2 Å². The summed E-state index contributed by atoms with van der Waals surface area (Å²) < 4.78 is 18.1. The minimum Gasteiger partial charge on any atom is -0.469 e. The van der Waals surface area contributed by atoms with Crippen molar-refractivity contribution in [3.05, 3.63) is 44.7 Å². The van der Waals surface area contributed by atoms with Crippen LogP contribution in [0.2, 0.25) is 5.02 Å². The minimum atomic E-state index is -1.34. The van der Waals surface area contributed by atoms with Crippen molar-refractivity contribution in [3.8, 4) is 0 Å². The van der Waals surface area contributed by atoms with Gasteiger partial charge in [-0.1, -0.05) is 17.7 Å². The first kappa shape index (κ1) is 16.4. The van der Waals surface area contributed by atoms with Crippen molar-refractivity contribution in [1.82, 2.24) is 0 Å². The van der Waals surface area contributed by atoms with Gasteiger partial charge in [-0.15, -0.1) is 0 Å². The zero-order chi connectivity index (χ0) is 15.5. The highest BCUT2D eigenvalue weighted by molar-refractivity contribution is 6.30. The molecule has 1 unspecified atom stereocenters. The molecule has 0 saturated heterocycles. The highest BCUT2D eigenvalue weighted by atomic mass is 35.5. The molecule has 1 atom stereocenters. The molecule has 0 saturated carbocycles. The Bertz CT molecular complexity index is 533. The highest BCUT2D eigenvalue weighted by Gasteiger charge is 2.38. The Kier molecular flexibility index (Phi) is 5.05. The molecule has 0 aliphatic carbocycles. The molecule has 1 rings (SSSR count). The van der Waals surface area contributed by atoms with E-state index in [0.29, 0.717) is 5.56 Å². The summed E-state index contributed by atoms with van der Waals surface area (Å²) in [6.07, 6.45) is -0.103. The molecule has 0 radical (unpaired) electrons. The van der Waals surface area contributed by atoms with E-state index in [2.05, 4.69) is 4.74 Å². The van der Waals surface area contributed by atoms with E-state index in [0.717, 1.165) is 6.07 Å². The fourth-order valence-corrected chi connectivity index (χ4v) is 1.90. The van der Waals surface area contributed by atoms with Crippen LogP contribution in [0.3, 0.4) is 0 Å². The van der Waals surface area contributed by atoms with Crippen molar-refractivity contribution in [2.24, 2.45) is 0 Å². The van der Waals surface area contributed by atoms with Crippen molar-refractivity contribution in [2.45, 2.75) is 31.7 Å². The monoisotopic (exact) mass is 303 g/mol. The molecule has 110 valence electrons. The number of ether oxygens (including phenoxy) is 1. The minimum absolute atomic E-state index is 0.0779. The van der Waals surface area contributed by atoms with E-state index in [4.69, 9.17) is 11.6 Å². The van der Waals surface area contributed by atoms with Crippen LogP contribution in [0.1, 0.15) is 31.7 Å². The molecule has 7 heteroatoms. The van der Waals surface area contributed by atoms with E-state index in [-0.39, 0.29) is 11.4 Å². The smallest absolute Gasteiger partial charge is 0.313 e. The molecular weight excluding hydrogens is 289 g/mol. The molecule has 0 aliphatic rings. The molecule has 5 nitrogen and oxygen atoms in total. The van der Waals surface area contributed by atoms with E-state index in [1.165, 1.54) is 33.1 Å². The summed E-state index contributed by atoms with van der Waals surface area (Å²) in [4.78, 5) is 22.3. The van der Waals surface area contributed by atoms with Gasteiger partial charge in [-0.3, -0.25) is 14.9 Å². The predicted octanol–water partition coefficient (Wildman–Crippen LogP) is 3.18. The van der Waals surface area contributed by atoms with Gasteiger partial charge in [-0.25, -0.2) is 4.39 Å². The van der Waals surface area contributed by atoms with Gasteiger partial charge in [0.25, 0.3) is 0 Å². The lowest BCUT2D eigenvalue weighted by Gasteiger charge is -2.22. The van der Waals surface area contributed by atoms with E-state index >= 15 is 0 Å². The van der Waals surface area contributed by atoms with Gasteiger partial charge in [-0.2, -0.15) is 0 Å². The third-order valence-electron chi connectivity index (χ3n) is 3.03. The van der Waals surface area contributed by atoms with Gasteiger partial charge in [0.1, 0.15) is 5.82 Å². The molecule has 20 heavy (non-hydrogen) atoms. The van der Waals surface area contributed by atoms with Gasteiger partial charge in [-0.05, 0) is 17.7 Å². The fraction of sp³-hybridized carbons (Fsp3) is 0.462. The van der Waals surface area contributed by atoms with Crippen molar-refractivity contribution >= 4 is 17.6 Å². The second-order valence-electron chi connectivity index (χ2n) is 5.02. The van der Waals surface area contributed by atoms with Gasteiger partial charge < -0.3 is 4.74 Å². The third-order valence-corrected chi connectivity index (χ3v) is 3.34. The van der Waals surface area contributed by atoms with Crippen LogP contribution in [-0.2, 0) is 9.53 Å². The molecule has 0 bridgehead atoms. The molecule has 0 N–H and O–H groups in total.